The zero-order chi connectivity index (χ0) is 18.2. The normalized spacial score (nSPS) is 19.8. The number of aromatic nitrogens is 3. The van der Waals surface area contributed by atoms with Crippen molar-refractivity contribution in [1.29, 1.82) is 0 Å². The van der Waals surface area contributed by atoms with Crippen LogP contribution in [0.25, 0.3) is 11.0 Å². The van der Waals surface area contributed by atoms with Crippen molar-refractivity contribution in [3.8, 4) is 5.75 Å². The summed E-state index contributed by atoms with van der Waals surface area (Å²) in [5.74, 6) is 0.480. The van der Waals surface area contributed by atoms with Gasteiger partial charge in [-0.15, -0.1) is 0 Å². The zero-order valence-electron chi connectivity index (χ0n) is 15.6. The molecule has 7 heteroatoms. The van der Waals surface area contributed by atoms with Crippen LogP contribution in [0.4, 0.5) is 0 Å². The van der Waals surface area contributed by atoms with Crippen molar-refractivity contribution in [2.45, 2.75) is 45.3 Å². The predicted octanol–water partition coefficient (Wildman–Crippen LogP) is 2.40. The average molecular weight is 346 g/mol. The van der Waals surface area contributed by atoms with Gasteiger partial charge in [-0.25, -0.2) is 4.98 Å². The first kappa shape index (κ1) is 17.7. The summed E-state index contributed by atoms with van der Waals surface area (Å²) in [6, 6.07) is 0.149. The predicted molar refractivity (Wildman–Crippen MR) is 94.8 cm³/mol. The second-order valence-corrected chi connectivity index (χ2v) is 7.06. The lowest BCUT2D eigenvalue weighted by Crippen LogP contribution is -2.48. The molecule has 1 unspecified atom stereocenters. The molecule has 7 nitrogen and oxygen atoms in total. The number of rotatable bonds is 4. The molecular weight excluding hydrogens is 320 g/mol. The topological polar surface area (TPSA) is 69.5 Å². The summed E-state index contributed by atoms with van der Waals surface area (Å²) in [6.07, 6.45) is 4.94. The van der Waals surface area contributed by atoms with E-state index in [2.05, 4.69) is 23.9 Å². The zero-order valence-corrected chi connectivity index (χ0v) is 15.6. The quantitative estimate of drug-likeness (QED) is 0.850. The van der Waals surface area contributed by atoms with Crippen molar-refractivity contribution in [3.05, 3.63) is 18.0 Å². The third-order valence-electron chi connectivity index (χ3n) is 4.86. The molecule has 0 radical (unpaired) electrons. The molecule has 1 saturated heterocycles. The van der Waals surface area contributed by atoms with Crippen molar-refractivity contribution in [2.75, 3.05) is 20.3 Å². The Hall–Kier alpha value is -2.15. The molecule has 1 fully saturated rings. The van der Waals surface area contributed by atoms with Crippen molar-refractivity contribution < 1.29 is 14.3 Å². The average Bonchev–Trinajstić information content (AvgIpc) is 2.95. The maximum absolute atomic E-state index is 13.3. The third kappa shape index (κ3) is 3.20. The Labute approximate surface area is 147 Å². The molecular formula is C18H26N4O3. The van der Waals surface area contributed by atoms with Crippen LogP contribution >= 0.6 is 0 Å². The Morgan fingerprint density at radius 3 is 2.88 bits per heavy atom. The number of carbonyl (C=O) groups is 1. The van der Waals surface area contributed by atoms with Crippen molar-refractivity contribution in [2.24, 2.45) is 7.05 Å². The maximum Gasteiger partial charge on any atom is 0.259 e. The Balaban J connectivity index is 1.97. The standard InChI is InChI=1S/C18H26N4O3/c1-6-22(12-7-8-25-18(2,3)9-12)17(23)14-10-19-16-13(15(14)24-5)11-20-21(16)4/h10-12H,6-9H2,1-5H3. The van der Waals surface area contributed by atoms with Crippen molar-refractivity contribution in [3.63, 3.8) is 0 Å². The van der Waals surface area contributed by atoms with Gasteiger partial charge in [-0.2, -0.15) is 5.10 Å². The summed E-state index contributed by atoms with van der Waals surface area (Å²) in [4.78, 5) is 19.6. The monoisotopic (exact) mass is 346 g/mol. The van der Waals surface area contributed by atoms with Gasteiger partial charge < -0.3 is 14.4 Å². The fourth-order valence-corrected chi connectivity index (χ4v) is 3.63. The lowest BCUT2D eigenvalue weighted by atomic mass is 9.92. The Morgan fingerprint density at radius 1 is 1.48 bits per heavy atom. The highest BCUT2D eigenvalue weighted by Gasteiger charge is 2.35. The van der Waals surface area contributed by atoms with Crippen LogP contribution < -0.4 is 4.74 Å². The van der Waals surface area contributed by atoms with Crippen LogP contribution in [0, 0.1) is 0 Å². The first-order valence-electron chi connectivity index (χ1n) is 8.67. The molecule has 1 aliphatic heterocycles. The first-order chi connectivity index (χ1) is 11.9. The number of amides is 1. The number of pyridine rings is 1. The molecule has 2 aromatic rings. The number of carbonyl (C=O) groups excluding carboxylic acids is 1. The van der Waals surface area contributed by atoms with E-state index in [1.165, 1.54) is 0 Å². The summed E-state index contributed by atoms with van der Waals surface area (Å²) >= 11 is 0. The minimum absolute atomic E-state index is 0.0553. The van der Waals surface area contributed by atoms with Crippen LogP contribution in [0.5, 0.6) is 5.75 Å². The van der Waals surface area contributed by atoms with Gasteiger partial charge in [0.05, 0.1) is 24.3 Å². The number of fused-ring (bicyclic) bond motifs is 1. The van der Waals surface area contributed by atoms with Crippen LogP contribution in [0.15, 0.2) is 12.4 Å². The summed E-state index contributed by atoms with van der Waals surface area (Å²) in [5, 5.41) is 4.96. The van der Waals surface area contributed by atoms with E-state index >= 15 is 0 Å². The summed E-state index contributed by atoms with van der Waals surface area (Å²) < 4.78 is 13.0. The van der Waals surface area contributed by atoms with Crippen LogP contribution in [0.2, 0.25) is 0 Å². The molecule has 0 bridgehead atoms. The van der Waals surface area contributed by atoms with Crippen LogP contribution in [0.3, 0.4) is 0 Å². The summed E-state index contributed by atoms with van der Waals surface area (Å²) in [6.45, 7) is 7.44. The molecule has 3 rings (SSSR count). The summed E-state index contributed by atoms with van der Waals surface area (Å²) in [7, 11) is 3.39. The Bertz CT molecular complexity index is 784. The first-order valence-corrected chi connectivity index (χ1v) is 8.67. The van der Waals surface area contributed by atoms with Gasteiger partial charge in [-0.1, -0.05) is 0 Å². The van der Waals surface area contributed by atoms with Crippen LogP contribution in [-0.2, 0) is 11.8 Å². The minimum atomic E-state index is -0.216. The fourth-order valence-electron chi connectivity index (χ4n) is 3.63. The van der Waals surface area contributed by atoms with Gasteiger partial charge in [0, 0.05) is 32.4 Å². The van der Waals surface area contributed by atoms with E-state index in [4.69, 9.17) is 9.47 Å². The van der Waals surface area contributed by atoms with E-state index in [0.29, 0.717) is 30.1 Å². The molecule has 0 spiro atoms. The number of methoxy groups -OCH3 is 1. The molecule has 0 aliphatic carbocycles. The van der Waals surface area contributed by atoms with E-state index in [-0.39, 0.29) is 17.6 Å². The molecule has 1 amide bonds. The smallest absolute Gasteiger partial charge is 0.259 e. The second kappa shape index (κ2) is 6.63. The van der Waals surface area contributed by atoms with Gasteiger partial charge in [0.2, 0.25) is 0 Å². The molecule has 3 heterocycles. The number of ether oxygens (including phenoxy) is 2. The van der Waals surface area contributed by atoms with Gasteiger partial charge in [0.25, 0.3) is 5.91 Å². The Morgan fingerprint density at radius 2 is 2.24 bits per heavy atom. The molecule has 0 N–H and O–H groups in total. The van der Waals surface area contributed by atoms with Gasteiger partial charge in [-0.3, -0.25) is 9.48 Å². The van der Waals surface area contributed by atoms with Crippen molar-refractivity contribution in [1.82, 2.24) is 19.7 Å². The molecule has 0 aromatic carbocycles. The fraction of sp³-hybridized carbons (Fsp3) is 0.611. The minimum Gasteiger partial charge on any atom is -0.495 e. The van der Waals surface area contributed by atoms with E-state index < -0.39 is 0 Å². The SMILES string of the molecule is CCN(C(=O)c1cnc2c(cnn2C)c1OC)C1CCOC(C)(C)C1. The number of hydrogen-bond acceptors (Lipinski definition) is 5. The van der Waals surface area contributed by atoms with Gasteiger partial charge >= 0.3 is 0 Å². The highest BCUT2D eigenvalue weighted by Crippen LogP contribution is 2.32. The second-order valence-electron chi connectivity index (χ2n) is 7.06. The lowest BCUT2D eigenvalue weighted by Gasteiger charge is -2.41. The van der Waals surface area contributed by atoms with Crippen LogP contribution in [0.1, 0.15) is 44.0 Å². The Kier molecular flexibility index (Phi) is 4.69. The van der Waals surface area contributed by atoms with E-state index in [1.54, 1.807) is 24.2 Å². The van der Waals surface area contributed by atoms with E-state index in [0.717, 1.165) is 18.2 Å². The van der Waals surface area contributed by atoms with Gasteiger partial charge in [0.15, 0.2) is 5.65 Å². The maximum atomic E-state index is 13.3. The lowest BCUT2D eigenvalue weighted by molar-refractivity contribution is -0.0777. The molecule has 1 aliphatic rings. The number of hydrogen-bond donors (Lipinski definition) is 0. The highest BCUT2D eigenvalue weighted by atomic mass is 16.5. The van der Waals surface area contributed by atoms with Gasteiger partial charge in [-0.05, 0) is 33.6 Å². The molecule has 136 valence electrons. The number of aryl methyl sites for hydroxylation is 1. The van der Waals surface area contributed by atoms with E-state index in [9.17, 15) is 4.79 Å². The highest BCUT2D eigenvalue weighted by molar-refractivity contribution is 6.02. The molecule has 1 atom stereocenters. The van der Waals surface area contributed by atoms with Crippen LogP contribution in [-0.4, -0.2) is 57.5 Å². The molecule has 0 saturated carbocycles. The van der Waals surface area contributed by atoms with E-state index in [1.807, 2.05) is 18.9 Å². The third-order valence-corrected chi connectivity index (χ3v) is 4.86. The van der Waals surface area contributed by atoms with Gasteiger partial charge in [0.1, 0.15) is 11.3 Å². The molecule has 25 heavy (non-hydrogen) atoms. The molecule has 2 aromatic heterocycles. The van der Waals surface area contributed by atoms with Crippen molar-refractivity contribution >= 4 is 16.9 Å². The summed E-state index contributed by atoms with van der Waals surface area (Å²) in [5.41, 5.74) is 0.963. The largest absolute Gasteiger partial charge is 0.495 e. The number of nitrogens with zero attached hydrogens (tertiary/aromatic N) is 4.